The number of benzene rings is 2. The van der Waals surface area contributed by atoms with E-state index in [4.69, 9.17) is 4.74 Å². The predicted octanol–water partition coefficient (Wildman–Crippen LogP) is 6.05. The molecule has 3 nitrogen and oxygen atoms in total. The van der Waals surface area contributed by atoms with Gasteiger partial charge in [-0.3, -0.25) is 9.80 Å². The molecule has 3 atom stereocenters. The summed E-state index contributed by atoms with van der Waals surface area (Å²) in [5.41, 5.74) is 4.08. The topological polar surface area (TPSA) is 15.7 Å². The zero-order valence-electron chi connectivity index (χ0n) is 17.8. The molecule has 3 aromatic rings. The molecule has 0 unspecified atom stereocenters. The second kappa shape index (κ2) is 9.81. The van der Waals surface area contributed by atoms with E-state index in [1.54, 1.807) is 18.4 Å². The SMILES string of the molecule is COc1cccc([C@@H](c2ccsc2)N2C[C@@H](C)N(Cc3cccc(I)c3)C[C@@H]2C)c1. The number of hydrogen-bond donors (Lipinski definition) is 0. The minimum Gasteiger partial charge on any atom is -0.497 e. The van der Waals surface area contributed by atoms with Crippen LogP contribution in [-0.4, -0.2) is 42.1 Å². The van der Waals surface area contributed by atoms with E-state index in [2.05, 4.69) is 106 Å². The molecule has 1 saturated heterocycles. The van der Waals surface area contributed by atoms with Crippen LogP contribution in [0.5, 0.6) is 5.75 Å². The molecule has 2 heterocycles. The Bertz CT molecular complexity index is 961. The minimum atomic E-state index is 0.253. The lowest BCUT2D eigenvalue weighted by Crippen LogP contribution is -2.56. The fourth-order valence-corrected chi connectivity index (χ4v) is 5.78. The van der Waals surface area contributed by atoms with Crippen LogP contribution < -0.4 is 4.74 Å². The molecule has 1 fully saturated rings. The van der Waals surface area contributed by atoms with Crippen molar-refractivity contribution in [3.63, 3.8) is 0 Å². The maximum atomic E-state index is 5.53. The molecule has 0 aliphatic carbocycles. The third kappa shape index (κ3) is 4.90. The molecule has 1 aliphatic heterocycles. The number of ether oxygens (including phenoxy) is 1. The Labute approximate surface area is 197 Å². The van der Waals surface area contributed by atoms with Crippen LogP contribution in [0, 0.1) is 3.57 Å². The van der Waals surface area contributed by atoms with Gasteiger partial charge < -0.3 is 4.74 Å². The Balaban J connectivity index is 1.58. The molecule has 1 aromatic heterocycles. The Morgan fingerprint density at radius 3 is 2.60 bits per heavy atom. The highest BCUT2D eigenvalue weighted by Crippen LogP contribution is 2.35. The number of halogens is 1. The number of nitrogens with zero attached hydrogens (tertiary/aromatic N) is 2. The maximum absolute atomic E-state index is 5.53. The van der Waals surface area contributed by atoms with Crippen LogP contribution in [0.3, 0.4) is 0 Å². The van der Waals surface area contributed by atoms with Gasteiger partial charge in [0.05, 0.1) is 13.2 Å². The van der Waals surface area contributed by atoms with E-state index >= 15 is 0 Å². The van der Waals surface area contributed by atoms with Gasteiger partial charge in [-0.1, -0.05) is 24.3 Å². The third-order valence-corrected chi connectivity index (χ3v) is 7.41. The fraction of sp³-hybridized carbons (Fsp3) is 0.360. The largest absolute Gasteiger partial charge is 0.497 e. The highest BCUT2D eigenvalue weighted by atomic mass is 127. The van der Waals surface area contributed by atoms with E-state index < -0.39 is 0 Å². The van der Waals surface area contributed by atoms with Crippen LogP contribution in [0.1, 0.15) is 36.6 Å². The van der Waals surface area contributed by atoms with Gasteiger partial charge in [-0.25, -0.2) is 0 Å². The first-order valence-corrected chi connectivity index (χ1v) is 12.5. The predicted molar refractivity (Wildman–Crippen MR) is 134 cm³/mol. The van der Waals surface area contributed by atoms with Crippen LogP contribution in [0.2, 0.25) is 0 Å². The van der Waals surface area contributed by atoms with Gasteiger partial charge in [-0.05, 0) is 94.2 Å². The first-order valence-electron chi connectivity index (χ1n) is 10.5. The van der Waals surface area contributed by atoms with E-state index in [-0.39, 0.29) is 6.04 Å². The van der Waals surface area contributed by atoms with Crippen LogP contribution in [0.4, 0.5) is 0 Å². The molecule has 0 radical (unpaired) electrons. The van der Waals surface area contributed by atoms with Gasteiger partial charge in [-0.15, -0.1) is 0 Å². The van der Waals surface area contributed by atoms with Crippen molar-refractivity contribution in [3.8, 4) is 5.75 Å². The van der Waals surface area contributed by atoms with Crippen molar-refractivity contribution in [1.82, 2.24) is 9.80 Å². The maximum Gasteiger partial charge on any atom is 0.119 e. The summed E-state index contributed by atoms with van der Waals surface area (Å²) >= 11 is 4.18. The second-order valence-corrected chi connectivity index (χ2v) is 10.2. The Kier molecular flexibility index (Phi) is 7.13. The lowest BCUT2D eigenvalue weighted by Gasteiger charge is -2.47. The minimum absolute atomic E-state index is 0.253. The van der Waals surface area contributed by atoms with Crippen molar-refractivity contribution in [2.75, 3.05) is 20.2 Å². The Hall–Kier alpha value is -1.41. The number of rotatable bonds is 6. The Morgan fingerprint density at radius 1 is 1.03 bits per heavy atom. The molecule has 0 spiro atoms. The summed E-state index contributed by atoms with van der Waals surface area (Å²) in [5, 5.41) is 4.48. The van der Waals surface area contributed by atoms with Crippen LogP contribution >= 0.6 is 33.9 Å². The van der Waals surface area contributed by atoms with Gasteiger partial charge in [0, 0.05) is 35.3 Å². The smallest absolute Gasteiger partial charge is 0.119 e. The Morgan fingerprint density at radius 2 is 1.87 bits per heavy atom. The summed E-state index contributed by atoms with van der Waals surface area (Å²) in [6.45, 7) is 7.86. The molecular formula is C25H29IN2OS. The van der Waals surface area contributed by atoms with E-state index in [1.165, 1.54) is 20.3 Å². The molecule has 0 N–H and O–H groups in total. The number of methoxy groups -OCH3 is 1. The summed E-state index contributed by atoms with van der Waals surface area (Å²) in [6.07, 6.45) is 0. The lowest BCUT2D eigenvalue weighted by atomic mass is 9.95. The van der Waals surface area contributed by atoms with Gasteiger partial charge >= 0.3 is 0 Å². The van der Waals surface area contributed by atoms with Crippen molar-refractivity contribution in [2.24, 2.45) is 0 Å². The molecule has 0 amide bonds. The van der Waals surface area contributed by atoms with Crippen LogP contribution in [0.25, 0.3) is 0 Å². The number of thiophene rings is 1. The van der Waals surface area contributed by atoms with E-state index in [9.17, 15) is 0 Å². The summed E-state index contributed by atoms with van der Waals surface area (Å²) in [7, 11) is 1.74. The van der Waals surface area contributed by atoms with Crippen molar-refractivity contribution in [1.29, 1.82) is 0 Å². The van der Waals surface area contributed by atoms with Gasteiger partial charge in [0.1, 0.15) is 5.75 Å². The monoisotopic (exact) mass is 532 g/mol. The van der Waals surface area contributed by atoms with Crippen molar-refractivity contribution < 1.29 is 4.74 Å². The van der Waals surface area contributed by atoms with E-state index in [1.807, 2.05) is 6.07 Å². The fourth-order valence-electron chi connectivity index (χ4n) is 4.49. The van der Waals surface area contributed by atoms with E-state index in [0.717, 1.165) is 25.4 Å². The summed E-state index contributed by atoms with van der Waals surface area (Å²) < 4.78 is 6.83. The summed E-state index contributed by atoms with van der Waals surface area (Å²) in [4.78, 5) is 5.30. The molecule has 30 heavy (non-hydrogen) atoms. The molecule has 5 heteroatoms. The second-order valence-electron chi connectivity index (χ2n) is 8.19. The van der Waals surface area contributed by atoms with Crippen molar-refractivity contribution >= 4 is 33.9 Å². The van der Waals surface area contributed by atoms with Crippen LogP contribution in [0.15, 0.2) is 65.4 Å². The normalized spacial score (nSPS) is 21.5. The molecule has 1 aliphatic rings. The average molecular weight is 532 g/mol. The molecule has 4 rings (SSSR count). The lowest BCUT2D eigenvalue weighted by molar-refractivity contribution is 0.0196. The highest BCUT2D eigenvalue weighted by Gasteiger charge is 2.35. The zero-order chi connectivity index (χ0) is 21.1. The standard InChI is InChI=1S/C25H29IN2OS/c1-18-15-28(19(2)14-27(18)16-20-6-4-8-23(26)12-20)25(22-10-11-30-17-22)21-7-5-9-24(13-21)29-3/h4-13,17-19,25H,14-16H2,1-3H3/t18-,19+,25+/m1/s1. The van der Waals surface area contributed by atoms with E-state index in [0.29, 0.717) is 12.1 Å². The van der Waals surface area contributed by atoms with Gasteiger partial charge in [-0.2, -0.15) is 11.3 Å². The van der Waals surface area contributed by atoms with Gasteiger partial charge in [0.25, 0.3) is 0 Å². The molecule has 158 valence electrons. The zero-order valence-corrected chi connectivity index (χ0v) is 20.8. The highest BCUT2D eigenvalue weighted by molar-refractivity contribution is 14.1. The van der Waals surface area contributed by atoms with Gasteiger partial charge in [0.2, 0.25) is 0 Å². The molecule has 0 saturated carbocycles. The van der Waals surface area contributed by atoms with Crippen molar-refractivity contribution in [3.05, 3.63) is 85.6 Å². The number of hydrogen-bond acceptors (Lipinski definition) is 4. The quantitative estimate of drug-likeness (QED) is 0.360. The molecular weight excluding hydrogens is 503 g/mol. The first kappa shape index (κ1) is 21.8. The summed E-state index contributed by atoms with van der Waals surface area (Å²) in [5.74, 6) is 0.922. The third-order valence-electron chi connectivity index (χ3n) is 6.04. The van der Waals surface area contributed by atoms with Crippen LogP contribution in [-0.2, 0) is 6.54 Å². The van der Waals surface area contributed by atoms with Gasteiger partial charge in [0.15, 0.2) is 0 Å². The molecule has 2 aromatic carbocycles. The van der Waals surface area contributed by atoms with Crippen molar-refractivity contribution in [2.45, 2.75) is 38.5 Å². The number of piperazine rings is 1. The summed E-state index contributed by atoms with van der Waals surface area (Å²) in [6, 6.07) is 20.9. The first-order chi connectivity index (χ1) is 14.5. The molecule has 0 bridgehead atoms. The average Bonchev–Trinajstić information content (AvgIpc) is 3.26.